The number of aliphatic hydroxyl groups is 2. The summed E-state index contributed by atoms with van der Waals surface area (Å²) in [6.45, 7) is 6.52. The molecule has 2 aromatic carbocycles. The predicted molar refractivity (Wildman–Crippen MR) is 135 cm³/mol. The molecule has 4 atom stereocenters. The molecule has 0 bridgehead atoms. The third-order valence-electron chi connectivity index (χ3n) is 5.56. The first-order valence-electron chi connectivity index (χ1n) is 11.4. The fourth-order valence-corrected chi connectivity index (χ4v) is 3.94. The van der Waals surface area contributed by atoms with Crippen molar-refractivity contribution >= 4 is 11.6 Å². The van der Waals surface area contributed by atoms with Crippen molar-refractivity contribution in [3.05, 3.63) is 71.8 Å². The van der Waals surface area contributed by atoms with E-state index in [9.17, 15) is 19.8 Å². The first kappa shape index (κ1) is 27.8. The molecular formula is C28H34O7. The van der Waals surface area contributed by atoms with Gasteiger partial charge in [0.2, 0.25) is 0 Å². The number of allylic oxidation sites excluding steroid dienone is 4. The van der Waals surface area contributed by atoms with Crippen LogP contribution < -0.4 is 14.2 Å². The van der Waals surface area contributed by atoms with E-state index in [2.05, 4.69) is 0 Å². The van der Waals surface area contributed by atoms with E-state index in [1.54, 1.807) is 62.4 Å². The highest BCUT2D eigenvalue weighted by atomic mass is 16.5. The van der Waals surface area contributed by atoms with E-state index in [-0.39, 0.29) is 11.6 Å². The number of carbonyl (C=O) groups is 2. The zero-order chi connectivity index (χ0) is 26.1. The second-order valence-corrected chi connectivity index (χ2v) is 8.15. The second kappa shape index (κ2) is 12.9. The van der Waals surface area contributed by atoms with Gasteiger partial charge in [-0.05, 0) is 76.2 Å². The standard InChI is InChI=1S/C28H34O7/c1-7-9-23(31)27(17(3)29)21-15-19(33-5)11-13-25(21)35-26-14-12-20(34-6)16-22(26)28(18(4)30)24(32)10-8-2/h7-18,27-30H,1-6H3. The third kappa shape index (κ3) is 6.81. The van der Waals surface area contributed by atoms with Crippen LogP contribution in [-0.2, 0) is 9.59 Å². The van der Waals surface area contributed by atoms with Crippen molar-refractivity contribution in [1.82, 2.24) is 0 Å². The van der Waals surface area contributed by atoms with Crippen molar-refractivity contribution < 1.29 is 34.0 Å². The van der Waals surface area contributed by atoms with Gasteiger partial charge in [-0.2, -0.15) is 0 Å². The van der Waals surface area contributed by atoms with E-state index >= 15 is 0 Å². The first-order chi connectivity index (χ1) is 16.7. The van der Waals surface area contributed by atoms with Gasteiger partial charge in [-0.1, -0.05) is 12.2 Å². The lowest BCUT2D eigenvalue weighted by molar-refractivity contribution is -0.118. The summed E-state index contributed by atoms with van der Waals surface area (Å²) in [5.41, 5.74) is 0.857. The molecule has 35 heavy (non-hydrogen) atoms. The maximum atomic E-state index is 12.9. The molecule has 0 saturated carbocycles. The molecule has 2 N–H and O–H groups in total. The van der Waals surface area contributed by atoms with E-state index in [0.717, 1.165) is 0 Å². The molecule has 0 aromatic heterocycles. The highest BCUT2D eigenvalue weighted by molar-refractivity contribution is 5.97. The van der Waals surface area contributed by atoms with Crippen LogP contribution in [0.3, 0.4) is 0 Å². The number of aliphatic hydroxyl groups excluding tert-OH is 2. The van der Waals surface area contributed by atoms with Crippen LogP contribution in [0.5, 0.6) is 23.0 Å². The van der Waals surface area contributed by atoms with Crippen LogP contribution in [0.15, 0.2) is 60.7 Å². The van der Waals surface area contributed by atoms with Crippen molar-refractivity contribution in [1.29, 1.82) is 0 Å². The number of rotatable bonds is 12. The van der Waals surface area contributed by atoms with E-state index < -0.39 is 24.0 Å². The van der Waals surface area contributed by atoms with Crippen molar-refractivity contribution in [3.8, 4) is 23.0 Å². The number of hydrogen-bond donors (Lipinski definition) is 2. The van der Waals surface area contributed by atoms with Crippen molar-refractivity contribution in [2.75, 3.05) is 14.2 Å². The zero-order valence-corrected chi connectivity index (χ0v) is 21.0. The number of methoxy groups -OCH3 is 2. The summed E-state index contributed by atoms with van der Waals surface area (Å²) in [5.74, 6) is -0.794. The largest absolute Gasteiger partial charge is 0.497 e. The maximum Gasteiger partial charge on any atom is 0.165 e. The number of carbonyl (C=O) groups excluding carboxylic acids is 2. The molecule has 0 aliphatic heterocycles. The zero-order valence-electron chi connectivity index (χ0n) is 21.0. The summed E-state index contributed by atoms with van der Waals surface area (Å²) >= 11 is 0. The molecule has 0 amide bonds. The molecule has 2 aromatic rings. The first-order valence-corrected chi connectivity index (χ1v) is 11.4. The number of benzene rings is 2. The summed E-state index contributed by atoms with van der Waals surface area (Å²) in [6, 6.07) is 9.94. The number of hydrogen-bond acceptors (Lipinski definition) is 7. The lowest BCUT2D eigenvalue weighted by Crippen LogP contribution is -2.24. The second-order valence-electron chi connectivity index (χ2n) is 8.15. The average Bonchev–Trinajstić information content (AvgIpc) is 2.81. The van der Waals surface area contributed by atoms with E-state index in [1.165, 1.54) is 40.2 Å². The Morgan fingerprint density at radius 1 is 0.743 bits per heavy atom. The van der Waals surface area contributed by atoms with Crippen LogP contribution in [0.25, 0.3) is 0 Å². The predicted octanol–water partition coefficient (Wildman–Crippen LogP) is 4.72. The molecule has 0 radical (unpaired) electrons. The Morgan fingerprint density at radius 3 is 1.40 bits per heavy atom. The highest BCUT2D eigenvalue weighted by Gasteiger charge is 2.30. The molecule has 0 aliphatic carbocycles. The SMILES string of the molecule is CC=CC(=O)C(c1cc(OC)ccc1Oc1ccc(OC)cc1C(C(=O)C=CC)C(C)O)C(C)O. The van der Waals surface area contributed by atoms with Gasteiger partial charge in [0.1, 0.15) is 23.0 Å². The fourth-order valence-electron chi connectivity index (χ4n) is 3.94. The summed E-state index contributed by atoms with van der Waals surface area (Å²) in [5, 5.41) is 21.0. The summed E-state index contributed by atoms with van der Waals surface area (Å²) in [7, 11) is 3.01. The van der Waals surface area contributed by atoms with E-state index in [0.29, 0.717) is 34.1 Å². The van der Waals surface area contributed by atoms with Gasteiger partial charge in [0, 0.05) is 11.1 Å². The monoisotopic (exact) mass is 482 g/mol. The quantitative estimate of drug-likeness (QED) is 0.422. The maximum absolute atomic E-state index is 12.9. The van der Waals surface area contributed by atoms with Crippen molar-refractivity contribution in [3.63, 3.8) is 0 Å². The Balaban J connectivity index is 2.71. The van der Waals surface area contributed by atoms with Crippen LogP contribution in [0.1, 0.15) is 50.7 Å². The molecule has 0 fully saturated rings. The molecule has 4 unspecified atom stereocenters. The minimum absolute atomic E-state index is 0.291. The van der Waals surface area contributed by atoms with Crippen LogP contribution in [0.2, 0.25) is 0 Å². The Hall–Kier alpha value is -3.42. The van der Waals surface area contributed by atoms with Gasteiger partial charge < -0.3 is 24.4 Å². The van der Waals surface area contributed by atoms with Gasteiger partial charge in [0.05, 0.1) is 38.3 Å². The fraction of sp³-hybridized carbons (Fsp3) is 0.357. The van der Waals surface area contributed by atoms with Gasteiger partial charge in [-0.25, -0.2) is 0 Å². The van der Waals surface area contributed by atoms with Gasteiger partial charge >= 0.3 is 0 Å². The van der Waals surface area contributed by atoms with Crippen LogP contribution >= 0.6 is 0 Å². The van der Waals surface area contributed by atoms with Crippen molar-refractivity contribution in [2.45, 2.75) is 51.7 Å². The minimum Gasteiger partial charge on any atom is -0.497 e. The molecule has 0 spiro atoms. The van der Waals surface area contributed by atoms with Crippen LogP contribution in [0, 0.1) is 0 Å². The summed E-state index contributed by atoms with van der Waals surface area (Å²) in [4.78, 5) is 25.7. The molecule has 7 heteroatoms. The smallest absolute Gasteiger partial charge is 0.165 e. The van der Waals surface area contributed by atoms with Gasteiger partial charge in [0.15, 0.2) is 11.6 Å². The van der Waals surface area contributed by atoms with Gasteiger partial charge in [-0.3, -0.25) is 9.59 Å². The Bertz CT molecular complexity index is 997. The van der Waals surface area contributed by atoms with E-state index in [4.69, 9.17) is 14.2 Å². The number of ether oxygens (including phenoxy) is 3. The van der Waals surface area contributed by atoms with Crippen molar-refractivity contribution in [2.24, 2.45) is 0 Å². The normalized spacial score (nSPS) is 15.0. The molecule has 2 rings (SSSR count). The summed E-state index contributed by atoms with van der Waals surface area (Å²) < 4.78 is 17.0. The van der Waals surface area contributed by atoms with Gasteiger partial charge in [0.25, 0.3) is 0 Å². The number of ketones is 2. The minimum atomic E-state index is -1.01. The molecular weight excluding hydrogens is 448 g/mol. The highest BCUT2D eigenvalue weighted by Crippen LogP contribution is 2.40. The Kier molecular flexibility index (Phi) is 10.2. The lowest BCUT2D eigenvalue weighted by Gasteiger charge is -2.24. The third-order valence-corrected chi connectivity index (χ3v) is 5.56. The molecule has 0 aliphatic rings. The topological polar surface area (TPSA) is 102 Å². The van der Waals surface area contributed by atoms with Crippen LogP contribution in [-0.4, -0.2) is 48.2 Å². The Morgan fingerprint density at radius 2 is 1.11 bits per heavy atom. The molecule has 0 heterocycles. The summed E-state index contributed by atoms with van der Waals surface area (Å²) in [6.07, 6.45) is 4.01. The van der Waals surface area contributed by atoms with E-state index in [1.807, 2.05) is 0 Å². The molecule has 188 valence electrons. The van der Waals surface area contributed by atoms with Gasteiger partial charge in [-0.15, -0.1) is 0 Å². The Labute approximate surface area is 206 Å². The van der Waals surface area contributed by atoms with Crippen LogP contribution in [0.4, 0.5) is 0 Å². The lowest BCUT2D eigenvalue weighted by atomic mass is 9.88. The average molecular weight is 483 g/mol. The molecule has 0 saturated heterocycles. The molecule has 7 nitrogen and oxygen atoms in total.